The first-order valence-corrected chi connectivity index (χ1v) is 9.58. The molecule has 0 unspecified atom stereocenters. The van der Waals surface area contributed by atoms with Gasteiger partial charge in [0.25, 0.3) is 5.91 Å². The maximum absolute atomic E-state index is 13.0. The number of rotatable bonds is 3. The van der Waals surface area contributed by atoms with Gasteiger partial charge in [-0.2, -0.15) is 4.98 Å². The maximum Gasteiger partial charge on any atom is 0.272 e. The van der Waals surface area contributed by atoms with Gasteiger partial charge in [0.1, 0.15) is 5.69 Å². The van der Waals surface area contributed by atoms with Crippen LogP contribution in [0.15, 0.2) is 65.4 Å². The second kappa shape index (κ2) is 7.09. The summed E-state index contributed by atoms with van der Waals surface area (Å²) < 4.78 is 5.52. The molecule has 1 aliphatic heterocycles. The third kappa shape index (κ3) is 3.24. The SMILES string of the molecule is C[C@H]1CN(C(=O)c2ccc3ccccc3n2)C[C@@H]1c1nc(-c2cccnc2)no1. The Kier molecular flexibility index (Phi) is 4.27. The fourth-order valence-corrected chi connectivity index (χ4v) is 3.80. The lowest BCUT2D eigenvalue weighted by Crippen LogP contribution is -2.29. The molecule has 7 nitrogen and oxygen atoms in total. The summed E-state index contributed by atoms with van der Waals surface area (Å²) in [4.78, 5) is 28.0. The first kappa shape index (κ1) is 17.5. The van der Waals surface area contributed by atoms with Crippen LogP contribution in [0.4, 0.5) is 0 Å². The van der Waals surface area contributed by atoms with Gasteiger partial charge in [-0.3, -0.25) is 9.78 Å². The van der Waals surface area contributed by atoms with Gasteiger partial charge in [0.2, 0.25) is 11.7 Å². The topological polar surface area (TPSA) is 85.0 Å². The van der Waals surface area contributed by atoms with Crippen molar-refractivity contribution in [2.45, 2.75) is 12.8 Å². The molecule has 1 amide bonds. The van der Waals surface area contributed by atoms with Gasteiger partial charge >= 0.3 is 0 Å². The van der Waals surface area contributed by atoms with Crippen molar-refractivity contribution < 1.29 is 9.32 Å². The zero-order valence-corrected chi connectivity index (χ0v) is 15.9. The fourth-order valence-electron chi connectivity index (χ4n) is 3.80. The van der Waals surface area contributed by atoms with Gasteiger partial charge in [0.05, 0.1) is 11.4 Å². The van der Waals surface area contributed by atoms with Crippen molar-refractivity contribution in [3.63, 3.8) is 0 Å². The van der Waals surface area contributed by atoms with Gasteiger partial charge in [0, 0.05) is 36.4 Å². The molecule has 7 heteroatoms. The molecular formula is C22H19N5O2. The van der Waals surface area contributed by atoms with Crippen LogP contribution < -0.4 is 0 Å². The minimum absolute atomic E-state index is 0.00247. The van der Waals surface area contributed by atoms with Crippen LogP contribution >= 0.6 is 0 Å². The van der Waals surface area contributed by atoms with Crippen molar-refractivity contribution in [2.24, 2.45) is 5.92 Å². The monoisotopic (exact) mass is 385 g/mol. The number of amides is 1. The van der Waals surface area contributed by atoms with Crippen molar-refractivity contribution in [3.05, 3.63) is 72.5 Å². The lowest BCUT2D eigenvalue weighted by atomic mass is 9.98. The molecule has 144 valence electrons. The normalized spacial score (nSPS) is 19.0. The largest absolute Gasteiger partial charge is 0.339 e. The molecule has 0 spiro atoms. The Morgan fingerprint density at radius 2 is 1.97 bits per heavy atom. The Morgan fingerprint density at radius 3 is 2.83 bits per heavy atom. The molecule has 3 aromatic heterocycles. The van der Waals surface area contributed by atoms with Gasteiger partial charge in [-0.05, 0) is 30.2 Å². The number of nitrogens with zero attached hydrogens (tertiary/aromatic N) is 5. The molecule has 0 radical (unpaired) electrons. The molecule has 1 aromatic carbocycles. The Labute approximate surface area is 167 Å². The highest BCUT2D eigenvalue weighted by atomic mass is 16.5. The minimum Gasteiger partial charge on any atom is -0.339 e. The van der Waals surface area contributed by atoms with E-state index in [2.05, 4.69) is 27.0 Å². The van der Waals surface area contributed by atoms with E-state index in [1.807, 2.05) is 47.4 Å². The van der Waals surface area contributed by atoms with Crippen molar-refractivity contribution in [3.8, 4) is 11.4 Å². The maximum atomic E-state index is 13.0. The number of fused-ring (bicyclic) bond motifs is 1. The highest BCUT2D eigenvalue weighted by molar-refractivity contribution is 5.95. The Bertz CT molecular complexity index is 1170. The van der Waals surface area contributed by atoms with Crippen LogP contribution in [0.5, 0.6) is 0 Å². The minimum atomic E-state index is -0.0721. The molecule has 1 aliphatic rings. The van der Waals surface area contributed by atoms with Gasteiger partial charge in [0.15, 0.2) is 0 Å². The molecule has 0 N–H and O–H groups in total. The van der Waals surface area contributed by atoms with E-state index in [4.69, 9.17) is 4.52 Å². The number of aromatic nitrogens is 4. The number of para-hydroxylation sites is 1. The molecule has 5 rings (SSSR count). The number of hydrogen-bond acceptors (Lipinski definition) is 6. The Balaban J connectivity index is 1.36. The fraction of sp³-hybridized carbons (Fsp3) is 0.227. The van der Waals surface area contributed by atoms with E-state index in [0.29, 0.717) is 30.5 Å². The number of benzene rings is 1. The molecule has 29 heavy (non-hydrogen) atoms. The molecule has 0 saturated carbocycles. The van der Waals surface area contributed by atoms with Crippen LogP contribution in [0.1, 0.15) is 29.2 Å². The van der Waals surface area contributed by atoms with E-state index in [0.717, 1.165) is 16.5 Å². The number of pyridine rings is 2. The molecular weight excluding hydrogens is 366 g/mol. The third-order valence-electron chi connectivity index (χ3n) is 5.40. The van der Waals surface area contributed by atoms with E-state index in [9.17, 15) is 4.79 Å². The molecule has 1 saturated heterocycles. The summed E-state index contributed by atoms with van der Waals surface area (Å²) in [5, 5.41) is 5.10. The van der Waals surface area contributed by atoms with Crippen LogP contribution in [-0.4, -0.2) is 44.0 Å². The average Bonchev–Trinajstić information content (AvgIpc) is 3.40. The van der Waals surface area contributed by atoms with Crippen LogP contribution in [0, 0.1) is 5.92 Å². The van der Waals surface area contributed by atoms with Crippen LogP contribution in [-0.2, 0) is 0 Å². The number of carbonyl (C=O) groups excluding carboxylic acids is 1. The lowest BCUT2D eigenvalue weighted by molar-refractivity contribution is 0.0780. The Hall–Kier alpha value is -3.61. The average molecular weight is 385 g/mol. The summed E-state index contributed by atoms with van der Waals surface area (Å²) in [6, 6.07) is 15.2. The zero-order valence-electron chi connectivity index (χ0n) is 15.9. The summed E-state index contributed by atoms with van der Waals surface area (Å²) in [6.07, 6.45) is 3.40. The van der Waals surface area contributed by atoms with E-state index < -0.39 is 0 Å². The summed E-state index contributed by atoms with van der Waals surface area (Å²) in [6.45, 7) is 3.26. The lowest BCUT2D eigenvalue weighted by Gasteiger charge is -2.15. The van der Waals surface area contributed by atoms with Gasteiger partial charge in [-0.25, -0.2) is 4.98 Å². The predicted molar refractivity (Wildman–Crippen MR) is 107 cm³/mol. The molecule has 4 heterocycles. The van der Waals surface area contributed by atoms with Crippen molar-refractivity contribution >= 4 is 16.8 Å². The first-order chi connectivity index (χ1) is 14.2. The van der Waals surface area contributed by atoms with E-state index in [1.165, 1.54) is 0 Å². The van der Waals surface area contributed by atoms with Crippen molar-refractivity contribution in [1.82, 2.24) is 25.0 Å². The zero-order chi connectivity index (χ0) is 19.8. The quantitative estimate of drug-likeness (QED) is 0.536. The molecule has 0 bridgehead atoms. The van der Waals surface area contributed by atoms with Crippen LogP contribution in [0.2, 0.25) is 0 Å². The highest BCUT2D eigenvalue weighted by Crippen LogP contribution is 2.33. The number of hydrogen-bond donors (Lipinski definition) is 0. The van der Waals surface area contributed by atoms with Crippen LogP contribution in [0.3, 0.4) is 0 Å². The second-order valence-electron chi connectivity index (χ2n) is 7.38. The van der Waals surface area contributed by atoms with Gasteiger partial charge < -0.3 is 9.42 Å². The molecule has 2 atom stereocenters. The van der Waals surface area contributed by atoms with Crippen LogP contribution in [0.25, 0.3) is 22.3 Å². The summed E-state index contributed by atoms with van der Waals surface area (Å²) in [5.41, 5.74) is 2.08. The molecule has 1 fully saturated rings. The highest BCUT2D eigenvalue weighted by Gasteiger charge is 2.37. The molecule has 4 aromatic rings. The van der Waals surface area contributed by atoms with E-state index >= 15 is 0 Å². The number of likely N-dealkylation sites (tertiary alicyclic amines) is 1. The standard InChI is InChI=1S/C22H19N5O2/c1-14-12-27(22(28)19-9-8-15-5-2-3-7-18(15)24-19)13-17(14)21-25-20(26-29-21)16-6-4-10-23-11-16/h2-11,14,17H,12-13H2,1H3/t14-,17-/m0/s1. The summed E-state index contributed by atoms with van der Waals surface area (Å²) in [5.74, 6) is 1.20. The van der Waals surface area contributed by atoms with Gasteiger partial charge in [-0.1, -0.05) is 36.3 Å². The van der Waals surface area contributed by atoms with E-state index in [1.54, 1.807) is 18.5 Å². The number of carbonyl (C=O) groups is 1. The summed E-state index contributed by atoms with van der Waals surface area (Å²) in [7, 11) is 0. The van der Waals surface area contributed by atoms with Crippen molar-refractivity contribution in [1.29, 1.82) is 0 Å². The Morgan fingerprint density at radius 1 is 1.07 bits per heavy atom. The third-order valence-corrected chi connectivity index (χ3v) is 5.40. The van der Waals surface area contributed by atoms with Crippen molar-refractivity contribution in [2.75, 3.05) is 13.1 Å². The second-order valence-corrected chi connectivity index (χ2v) is 7.38. The summed E-state index contributed by atoms with van der Waals surface area (Å²) >= 11 is 0. The van der Waals surface area contributed by atoms with E-state index in [-0.39, 0.29) is 17.7 Å². The van der Waals surface area contributed by atoms with Gasteiger partial charge in [-0.15, -0.1) is 0 Å². The smallest absolute Gasteiger partial charge is 0.272 e. The predicted octanol–water partition coefficient (Wildman–Crippen LogP) is 3.56. The first-order valence-electron chi connectivity index (χ1n) is 9.58. The molecule has 0 aliphatic carbocycles.